The van der Waals surface area contributed by atoms with Gasteiger partial charge in [-0.05, 0) is 66.2 Å². The van der Waals surface area contributed by atoms with Crippen molar-refractivity contribution in [1.82, 2.24) is 4.90 Å². The smallest absolute Gasteiger partial charge is 0.306 e. The van der Waals surface area contributed by atoms with Crippen LogP contribution < -0.4 is 0 Å². The van der Waals surface area contributed by atoms with Crippen molar-refractivity contribution < 1.29 is 14.7 Å². The molecule has 1 aliphatic carbocycles. The van der Waals surface area contributed by atoms with Crippen molar-refractivity contribution in [1.29, 1.82) is 0 Å². The van der Waals surface area contributed by atoms with Gasteiger partial charge in [0, 0.05) is 29.1 Å². The molecule has 32 heavy (non-hydrogen) atoms. The molecule has 3 rings (SSSR count). The number of carboxylic acids is 1. The third-order valence-electron chi connectivity index (χ3n) is 7.31. The minimum atomic E-state index is -0.754. The highest BCUT2D eigenvalue weighted by Crippen LogP contribution is 2.45. The highest BCUT2D eigenvalue weighted by Gasteiger charge is 2.44. The Morgan fingerprint density at radius 3 is 2.50 bits per heavy atom. The van der Waals surface area contributed by atoms with Crippen LogP contribution >= 0.6 is 11.6 Å². The van der Waals surface area contributed by atoms with Gasteiger partial charge in [0.25, 0.3) is 0 Å². The number of carboxylic acid groups (broad SMARTS) is 1. The van der Waals surface area contributed by atoms with Gasteiger partial charge >= 0.3 is 5.97 Å². The largest absolute Gasteiger partial charge is 0.481 e. The van der Waals surface area contributed by atoms with Crippen LogP contribution in [0.15, 0.2) is 30.0 Å². The normalized spacial score (nSPS) is 26.6. The molecular formula is C27H38ClNO3. The summed E-state index contributed by atoms with van der Waals surface area (Å²) in [5.41, 5.74) is 3.26. The summed E-state index contributed by atoms with van der Waals surface area (Å²) in [6, 6.07) is 6.29. The molecule has 2 aliphatic rings. The van der Waals surface area contributed by atoms with Crippen molar-refractivity contribution in [3.05, 3.63) is 46.1 Å². The van der Waals surface area contributed by atoms with E-state index in [0.29, 0.717) is 19.3 Å². The molecule has 0 radical (unpaired) electrons. The fourth-order valence-electron chi connectivity index (χ4n) is 5.26. The summed E-state index contributed by atoms with van der Waals surface area (Å²) in [7, 11) is 0. The van der Waals surface area contributed by atoms with Crippen molar-refractivity contribution in [3.8, 4) is 0 Å². The van der Waals surface area contributed by atoms with Gasteiger partial charge in [-0.2, -0.15) is 0 Å². The number of aliphatic carboxylic acids is 1. The van der Waals surface area contributed by atoms with Crippen LogP contribution in [0.3, 0.4) is 0 Å². The van der Waals surface area contributed by atoms with Crippen LogP contribution in [0.2, 0.25) is 5.02 Å². The Kier molecular flexibility index (Phi) is 7.14. The summed E-state index contributed by atoms with van der Waals surface area (Å²) in [5, 5.41) is 10.1. The maximum atomic E-state index is 13.3. The summed E-state index contributed by atoms with van der Waals surface area (Å²) >= 11 is 6.71. The van der Waals surface area contributed by atoms with Crippen LogP contribution in [0.25, 0.3) is 0 Å². The first-order chi connectivity index (χ1) is 14.8. The number of aryl methyl sites for hydroxylation is 1. The molecule has 4 nitrogen and oxygen atoms in total. The third-order valence-corrected chi connectivity index (χ3v) is 7.66. The van der Waals surface area contributed by atoms with E-state index in [4.69, 9.17) is 11.6 Å². The van der Waals surface area contributed by atoms with Crippen molar-refractivity contribution in [2.45, 2.75) is 91.5 Å². The number of amides is 1. The van der Waals surface area contributed by atoms with Crippen LogP contribution in [0, 0.1) is 17.3 Å². The fraction of sp³-hybridized carbons (Fsp3) is 0.630. The van der Waals surface area contributed by atoms with Crippen molar-refractivity contribution in [2.24, 2.45) is 17.3 Å². The number of rotatable bonds is 6. The molecule has 1 fully saturated rings. The average Bonchev–Trinajstić information content (AvgIpc) is 3.16. The topological polar surface area (TPSA) is 57.6 Å². The van der Waals surface area contributed by atoms with Crippen LogP contribution in [-0.4, -0.2) is 27.9 Å². The first-order valence-electron chi connectivity index (χ1n) is 11.9. The molecule has 3 atom stereocenters. The molecule has 1 amide bonds. The second-order valence-electron chi connectivity index (χ2n) is 11.4. The number of halogens is 1. The van der Waals surface area contributed by atoms with E-state index in [-0.39, 0.29) is 29.2 Å². The maximum absolute atomic E-state index is 13.3. The number of benzene rings is 1. The lowest BCUT2D eigenvalue weighted by Gasteiger charge is -2.43. The molecule has 5 heteroatoms. The van der Waals surface area contributed by atoms with E-state index in [1.165, 1.54) is 5.57 Å². The molecule has 0 unspecified atom stereocenters. The molecule has 0 saturated heterocycles. The Hall–Kier alpha value is -1.81. The van der Waals surface area contributed by atoms with E-state index in [2.05, 4.69) is 59.7 Å². The fourth-order valence-corrected chi connectivity index (χ4v) is 5.54. The molecule has 0 aromatic heterocycles. The van der Waals surface area contributed by atoms with Gasteiger partial charge in [-0.3, -0.25) is 9.59 Å². The molecule has 1 aliphatic heterocycles. The zero-order valence-electron chi connectivity index (χ0n) is 20.4. The second kappa shape index (κ2) is 9.21. The van der Waals surface area contributed by atoms with Crippen LogP contribution in [-0.2, 0) is 21.4 Å². The van der Waals surface area contributed by atoms with E-state index in [1.807, 2.05) is 11.1 Å². The zero-order chi connectivity index (χ0) is 23.8. The van der Waals surface area contributed by atoms with Crippen LogP contribution in [0.5, 0.6) is 0 Å². The number of hydrogen-bond donors (Lipinski definition) is 1. The van der Waals surface area contributed by atoms with E-state index in [0.717, 1.165) is 35.4 Å². The van der Waals surface area contributed by atoms with Gasteiger partial charge in [-0.15, -0.1) is 0 Å². The van der Waals surface area contributed by atoms with Crippen molar-refractivity contribution >= 4 is 23.5 Å². The molecule has 0 spiro atoms. The van der Waals surface area contributed by atoms with Crippen LogP contribution in [0.4, 0.5) is 0 Å². The molecule has 176 valence electrons. The lowest BCUT2D eigenvalue weighted by molar-refractivity contribution is -0.142. The Balaban J connectivity index is 1.90. The van der Waals surface area contributed by atoms with Crippen LogP contribution in [0.1, 0.15) is 84.8 Å². The molecule has 1 N–H and O–H groups in total. The van der Waals surface area contributed by atoms with E-state index >= 15 is 0 Å². The first-order valence-corrected chi connectivity index (χ1v) is 12.2. The average molecular weight is 460 g/mol. The maximum Gasteiger partial charge on any atom is 0.306 e. The third kappa shape index (κ3) is 5.22. The lowest BCUT2D eigenvalue weighted by atomic mass is 9.68. The Bertz CT molecular complexity index is 914. The predicted molar refractivity (Wildman–Crippen MR) is 130 cm³/mol. The summed E-state index contributed by atoms with van der Waals surface area (Å²) in [6.07, 6.45) is 6.31. The number of nitrogens with zero attached hydrogens (tertiary/aromatic N) is 1. The number of allylic oxidation sites excluding steroid dienone is 1. The SMILES string of the molecule is CC(C)C1=CN([C@H]2CC[C@H](C(=O)O)C2)C(=O)C[C@@]1(C)c1ccc(CCC(C)(C)C)c(Cl)c1. The highest BCUT2D eigenvalue weighted by molar-refractivity contribution is 6.31. The van der Waals surface area contributed by atoms with Gasteiger partial charge in [-0.25, -0.2) is 0 Å². The summed E-state index contributed by atoms with van der Waals surface area (Å²) < 4.78 is 0. The van der Waals surface area contributed by atoms with E-state index in [9.17, 15) is 14.7 Å². The summed E-state index contributed by atoms with van der Waals surface area (Å²) in [5.74, 6) is -0.778. The molecule has 0 bridgehead atoms. The number of carbonyl (C=O) groups excluding carboxylic acids is 1. The standard InChI is InChI=1S/C27H38ClNO3/c1-17(2)22-16-29(21-10-8-19(13-21)25(31)32)24(30)15-27(22,6)20-9-7-18(23(28)14-20)11-12-26(3,4)5/h7,9,14,16-17,19,21H,8,10-13,15H2,1-6H3,(H,31,32)/t19-,21-,27-/m0/s1. The lowest BCUT2D eigenvalue weighted by Crippen LogP contribution is -2.45. The van der Waals surface area contributed by atoms with Gasteiger partial charge < -0.3 is 10.0 Å². The quantitative estimate of drug-likeness (QED) is 0.521. The monoisotopic (exact) mass is 459 g/mol. The molecule has 1 heterocycles. The molecule has 1 aromatic rings. The zero-order valence-corrected chi connectivity index (χ0v) is 21.1. The molecular weight excluding hydrogens is 422 g/mol. The van der Waals surface area contributed by atoms with E-state index in [1.54, 1.807) is 0 Å². The summed E-state index contributed by atoms with van der Waals surface area (Å²) in [6.45, 7) is 13.2. The minimum Gasteiger partial charge on any atom is -0.481 e. The Morgan fingerprint density at radius 2 is 1.97 bits per heavy atom. The second-order valence-corrected chi connectivity index (χ2v) is 11.8. The number of carbonyl (C=O) groups is 2. The summed E-state index contributed by atoms with van der Waals surface area (Å²) in [4.78, 5) is 26.5. The Morgan fingerprint density at radius 1 is 1.28 bits per heavy atom. The Labute approximate surface area is 198 Å². The minimum absolute atomic E-state index is 0.0229. The van der Waals surface area contributed by atoms with E-state index < -0.39 is 11.4 Å². The van der Waals surface area contributed by atoms with Gasteiger partial charge in [0.05, 0.1) is 5.92 Å². The van der Waals surface area contributed by atoms with Gasteiger partial charge in [0.15, 0.2) is 0 Å². The molecule has 1 aromatic carbocycles. The highest BCUT2D eigenvalue weighted by atomic mass is 35.5. The predicted octanol–water partition coefficient (Wildman–Crippen LogP) is 6.60. The number of hydrogen-bond acceptors (Lipinski definition) is 2. The first kappa shape index (κ1) is 24.8. The van der Waals surface area contributed by atoms with Crippen molar-refractivity contribution in [2.75, 3.05) is 0 Å². The molecule has 1 saturated carbocycles. The van der Waals surface area contributed by atoms with Gasteiger partial charge in [-0.1, -0.05) is 65.3 Å². The van der Waals surface area contributed by atoms with Crippen molar-refractivity contribution in [3.63, 3.8) is 0 Å². The van der Waals surface area contributed by atoms with Gasteiger partial charge in [0.1, 0.15) is 0 Å². The van der Waals surface area contributed by atoms with Gasteiger partial charge in [0.2, 0.25) is 5.91 Å².